The molecule has 0 aliphatic carbocycles. The number of nitrogens with one attached hydrogen (secondary N) is 1. The minimum Gasteiger partial charge on any atom is -0.481 e. The molecule has 0 bridgehead atoms. The molecule has 128 valence electrons. The van der Waals surface area contributed by atoms with Gasteiger partial charge >= 0.3 is 5.97 Å². The number of sulfonamides is 1. The van der Waals surface area contributed by atoms with Gasteiger partial charge < -0.3 is 5.11 Å². The monoisotopic (exact) mass is 367 g/mol. The third-order valence-electron chi connectivity index (χ3n) is 3.48. The van der Waals surface area contributed by atoms with Gasteiger partial charge in [0, 0.05) is 18.0 Å². The van der Waals surface area contributed by atoms with Crippen LogP contribution in [0.15, 0.2) is 53.4 Å². The highest BCUT2D eigenvalue weighted by molar-refractivity contribution is 7.89. The van der Waals surface area contributed by atoms with Crippen molar-refractivity contribution in [1.29, 1.82) is 0 Å². The molecule has 2 aromatic rings. The van der Waals surface area contributed by atoms with Crippen molar-refractivity contribution >= 4 is 27.6 Å². The highest BCUT2D eigenvalue weighted by atomic mass is 35.5. The minimum absolute atomic E-state index is 0.0193. The predicted molar refractivity (Wildman–Crippen MR) is 92.7 cm³/mol. The lowest BCUT2D eigenvalue weighted by Crippen LogP contribution is -2.26. The van der Waals surface area contributed by atoms with Gasteiger partial charge in [-0.25, -0.2) is 13.1 Å². The lowest BCUT2D eigenvalue weighted by Gasteiger charge is -2.08. The van der Waals surface area contributed by atoms with Crippen LogP contribution in [0.4, 0.5) is 0 Å². The summed E-state index contributed by atoms with van der Waals surface area (Å²) in [5.41, 5.74) is 1.78. The first-order valence-corrected chi connectivity index (χ1v) is 9.28. The number of hydrogen-bond acceptors (Lipinski definition) is 3. The zero-order valence-corrected chi connectivity index (χ0v) is 14.5. The van der Waals surface area contributed by atoms with E-state index < -0.39 is 16.0 Å². The van der Waals surface area contributed by atoms with Crippen LogP contribution in [0.1, 0.15) is 17.5 Å². The third kappa shape index (κ3) is 5.63. The van der Waals surface area contributed by atoms with Crippen LogP contribution < -0.4 is 4.72 Å². The minimum atomic E-state index is -3.58. The molecule has 0 radical (unpaired) electrons. The highest BCUT2D eigenvalue weighted by Crippen LogP contribution is 2.13. The number of hydrogen-bond donors (Lipinski definition) is 2. The predicted octanol–water partition coefficient (Wildman–Crippen LogP) is 2.88. The number of aliphatic carboxylic acids is 1. The summed E-state index contributed by atoms with van der Waals surface area (Å²) >= 11 is 5.81. The maximum Gasteiger partial charge on any atom is 0.303 e. The molecule has 2 aromatic carbocycles. The number of carbonyl (C=O) groups is 1. The number of halogens is 1. The average molecular weight is 368 g/mol. The summed E-state index contributed by atoms with van der Waals surface area (Å²) in [6, 6.07) is 13.5. The Morgan fingerprint density at radius 1 is 0.958 bits per heavy atom. The van der Waals surface area contributed by atoms with Crippen LogP contribution in [-0.4, -0.2) is 26.0 Å². The van der Waals surface area contributed by atoms with Crippen molar-refractivity contribution in [2.75, 3.05) is 6.54 Å². The summed E-state index contributed by atoms with van der Waals surface area (Å²) in [6.45, 7) is 0.282. The van der Waals surface area contributed by atoms with Crippen molar-refractivity contribution in [3.63, 3.8) is 0 Å². The largest absolute Gasteiger partial charge is 0.481 e. The summed E-state index contributed by atoms with van der Waals surface area (Å²) < 4.78 is 27.0. The van der Waals surface area contributed by atoms with E-state index in [-0.39, 0.29) is 17.9 Å². The highest BCUT2D eigenvalue weighted by Gasteiger charge is 2.13. The summed E-state index contributed by atoms with van der Waals surface area (Å²) in [7, 11) is -3.58. The molecule has 0 aliphatic rings. The van der Waals surface area contributed by atoms with Crippen LogP contribution >= 0.6 is 11.6 Å². The molecule has 5 nitrogen and oxygen atoms in total. The Labute approximate surface area is 146 Å². The van der Waals surface area contributed by atoms with Gasteiger partial charge in [-0.3, -0.25) is 4.79 Å². The topological polar surface area (TPSA) is 83.5 Å². The molecule has 0 fully saturated rings. The summed E-state index contributed by atoms with van der Waals surface area (Å²) in [5.74, 6) is -0.879. The molecule has 0 saturated heterocycles. The average Bonchev–Trinajstić information content (AvgIpc) is 2.55. The van der Waals surface area contributed by atoms with E-state index in [0.29, 0.717) is 17.9 Å². The molecule has 0 atom stereocenters. The molecule has 0 heterocycles. The van der Waals surface area contributed by atoms with Crippen molar-refractivity contribution in [3.05, 3.63) is 64.7 Å². The molecule has 2 rings (SSSR count). The van der Waals surface area contributed by atoms with E-state index in [0.717, 1.165) is 11.1 Å². The van der Waals surface area contributed by atoms with Crippen LogP contribution in [0.5, 0.6) is 0 Å². The molecule has 0 unspecified atom stereocenters. The fraction of sp³-hybridized carbons (Fsp3) is 0.235. The zero-order chi connectivity index (χ0) is 17.6. The molecule has 7 heteroatoms. The quantitative estimate of drug-likeness (QED) is 0.751. The molecule has 0 aliphatic heterocycles. The lowest BCUT2D eigenvalue weighted by molar-refractivity contribution is -0.136. The van der Waals surface area contributed by atoms with Crippen LogP contribution in [0.3, 0.4) is 0 Å². The number of carboxylic acids is 1. The SMILES string of the molecule is O=C(O)CCc1ccc(S(=O)(=O)NCCc2ccc(Cl)cc2)cc1. The van der Waals surface area contributed by atoms with Crippen LogP contribution in [-0.2, 0) is 27.7 Å². The van der Waals surface area contributed by atoms with E-state index in [1.165, 1.54) is 12.1 Å². The normalized spacial score (nSPS) is 11.4. The maximum absolute atomic E-state index is 12.2. The number of benzene rings is 2. The van der Waals surface area contributed by atoms with E-state index in [2.05, 4.69) is 4.72 Å². The smallest absolute Gasteiger partial charge is 0.303 e. The summed E-state index contributed by atoms with van der Waals surface area (Å²) in [6.07, 6.45) is 0.957. The fourth-order valence-electron chi connectivity index (χ4n) is 2.15. The Balaban J connectivity index is 1.92. The zero-order valence-electron chi connectivity index (χ0n) is 12.9. The molecular formula is C17H18ClNO4S. The molecular weight excluding hydrogens is 350 g/mol. The second-order valence-corrected chi connectivity index (χ2v) is 7.52. The molecule has 0 amide bonds. The third-order valence-corrected chi connectivity index (χ3v) is 5.21. The first kappa shape index (κ1) is 18.4. The van der Waals surface area contributed by atoms with Crippen molar-refractivity contribution < 1.29 is 18.3 Å². The molecule has 0 spiro atoms. The van der Waals surface area contributed by atoms with Gasteiger partial charge in [-0.05, 0) is 48.2 Å². The number of carboxylic acid groups (broad SMARTS) is 1. The van der Waals surface area contributed by atoms with E-state index in [4.69, 9.17) is 16.7 Å². The second-order valence-electron chi connectivity index (χ2n) is 5.31. The molecule has 0 saturated carbocycles. The molecule has 24 heavy (non-hydrogen) atoms. The van der Waals surface area contributed by atoms with Crippen molar-refractivity contribution in [2.24, 2.45) is 0 Å². The van der Waals surface area contributed by atoms with Gasteiger partial charge in [0.25, 0.3) is 0 Å². The van der Waals surface area contributed by atoms with Crippen molar-refractivity contribution in [3.8, 4) is 0 Å². The number of aryl methyl sites for hydroxylation is 1. The summed E-state index contributed by atoms with van der Waals surface area (Å²) in [5, 5.41) is 9.29. The first-order chi connectivity index (χ1) is 11.4. The van der Waals surface area contributed by atoms with Gasteiger partial charge in [-0.15, -0.1) is 0 Å². The number of rotatable bonds is 8. The Morgan fingerprint density at radius 2 is 1.50 bits per heavy atom. The second kappa shape index (κ2) is 8.28. The Kier molecular flexibility index (Phi) is 6.36. The van der Waals surface area contributed by atoms with Gasteiger partial charge in [0.1, 0.15) is 0 Å². The van der Waals surface area contributed by atoms with Gasteiger partial charge in [0.05, 0.1) is 4.90 Å². The Hall–Kier alpha value is -1.89. The fourth-order valence-corrected chi connectivity index (χ4v) is 3.31. The van der Waals surface area contributed by atoms with Crippen LogP contribution in [0.25, 0.3) is 0 Å². The van der Waals surface area contributed by atoms with E-state index in [1.54, 1.807) is 24.3 Å². The van der Waals surface area contributed by atoms with Crippen molar-refractivity contribution in [2.45, 2.75) is 24.2 Å². The van der Waals surface area contributed by atoms with E-state index >= 15 is 0 Å². The van der Waals surface area contributed by atoms with Crippen molar-refractivity contribution in [1.82, 2.24) is 4.72 Å². The standard InChI is InChI=1S/C17H18ClNO4S/c18-15-6-1-14(2-7-15)11-12-19-24(22,23)16-8-3-13(4-9-16)5-10-17(20)21/h1-4,6-9,19H,5,10-12H2,(H,20,21). The lowest BCUT2D eigenvalue weighted by atomic mass is 10.1. The van der Waals surface area contributed by atoms with Gasteiger partial charge in [-0.2, -0.15) is 0 Å². The first-order valence-electron chi connectivity index (χ1n) is 7.42. The van der Waals surface area contributed by atoms with Crippen LogP contribution in [0, 0.1) is 0 Å². The van der Waals surface area contributed by atoms with Crippen LogP contribution in [0.2, 0.25) is 5.02 Å². The Bertz CT molecular complexity index is 786. The van der Waals surface area contributed by atoms with Gasteiger partial charge in [0.15, 0.2) is 0 Å². The Morgan fingerprint density at radius 3 is 2.08 bits per heavy atom. The van der Waals surface area contributed by atoms with E-state index in [1.807, 2.05) is 12.1 Å². The van der Waals surface area contributed by atoms with Gasteiger partial charge in [-0.1, -0.05) is 35.9 Å². The van der Waals surface area contributed by atoms with E-state index in [9.17, 15) is 13.2 Å². The summed E-state index contributed by atoms with van der Waals surface area (Å²) in [4.78, 5) is 10.7. The van der Waals surface area contributed by atoms with Gasteiger partial charge in [0.2, 0.25) is 10.0 Å². The molecule has 0 aromatic heterocycles. The molecule has 2 N–H and O–H groups in total. The maximum atomic E-state index is 12.2.